The van der Waals surface area contributed by atoms with Crippen molar-refractivity contribution in [1.29, 1.82) is 0 Å². The van der Waals surface area contributed by atoms with E-state index in [4.69, 9.17) is 9.47 Å². The van der Waals surface area contributed by atoms with E-state index in [1.54, 1.807) is 9.80 Å². The normalized spacial score (nSPS) is 26.6. The van der Waals surface area contributed by atoms with Gasteiger partial charge in [0.15, 0.2) is 0 Å². The SMILES string of the molecule is COC(=O)C1CC(=O)N(C2CCN(C(=O)OC(C)(C)C)CC2(C)C)C1. The molecule has 2 rings (SSSR count). The van der Waals surface area contributed by atoms with Crippen LogP contribution in [0.1, 0.15) is 47.5 Å². The van der Waals surface area contributed by atoms with Crippen LogP contribution in [0.5, 0.6) is 0 Å². The Morgan fingerprint density at radius 2 is 1.88 bits per heavy atom. The van der Waals surface area contributed by atoms with E-state index < -0.39 is 11.5 Å². The Hall–Kier alpha value is -1.79. The first-order valence-corrected chi connectivity index (χ1v) is 8.80. The lowest BCUT2D eigenvalue weighted by atomic mass is 9.78. The van der Waals surface area contributed by atoms with Crippen LogP contribution in [-0.2, 0) is 19.1 Å². The number of rotatable bonds is 2. The molecule has 2 aliphatic heterocycles. The first-order valence-electron chi connectivity index (χ1n) is 8.80. The van der Waals surface area contributed by atoms with E-state index >= 15 is 0 Å². The van der Waals surface area contributed by atoms with Gasteiger partial charge in [0.1, 0.15) is 5.60 Å². The summed E-state index contributed by atoms with van der Waals surface area (Å²) in [6, 6.07) is -0.00616. The van der Waals surface area contributed by atoms with E-state index in [9.17, 15) is 14.4 Å². The van der Waals surface area contributed by atoms with Crippen LogP contribution in [0.3, 0.4) is 0 Å². The van der Waals surface area contributed by atoms with Gasteiger partial charge in [-0.05, 0) is 27.2 Å². The standard InChI is InChI=1S/C18H30N2O5/c1-17(2,3)25-16(23)19-8-7-13(18(4,5)11-19)20-10-12(9-14(20)21)15(22)24-6/h12-13H,7-11H2,1-6H3. The lowest BCUT2D eigenvalue weighted by molar-refractivity contribution is -0.145. The Labute approximate surface area is 149 Å². The van der Waals surface area contributed by atoms with E-state index in [0.29, 0.717) is 26.1 Å². The third-order valence-corrected chi connectivity index (χ3v) is 4.89. The first-order chi connectivity index (χ1) is 11.4. The number of ether oxygens (including phenoxy) is 2. The Bertz CT molecular complexity index is 552. The van der Waals surface area contributed by atoms with Gasteiger partial charge in [0.25, 0.3) is 0 Å². The summed E-state index contributed by atoms with van der Waals surface area (Å²) in [4.78, 5) is 40.0. The molecule has 0 radical (unpaired) electrons. The zero-order chi connectivity index (χ0) is 19.0. The monoisotopic (exact) mass is 354 g/mol. The van der Waals surface area contributed by atoms with Crippen LogP contribution in [-0.4, -0.2) is 66.2 Å². The summed E-state index contributed by atoms with van der Waals surface area (Å²) in [7, 11) is 1.35. The van der Waals surface area contributed by atoms with E-state index in [1.165, 1.54) is 7.11 Å². The minimum absolute atomic E-state index is 0.00616. The maximum Gasteiger partial charge on any atom is 0.410 e. The molecule has 2 saturated heterocycles. The fourth-order valence-corrected chi connectivity index (χ4v) is 3.76. The Kier molecular flexibility index (Phi) is 5.35. The lowest BCUT2D eigenvalue weighted by Gasteiger charge is -2.47. The molecule has 0 saturated carbocycles. The van der Waals surface area contributed by atoms with E-state index in [2.05, 4.69) is 0 Å². The molecule has 0 aromatic heterocycles. The van der Waals surface area contributed by atoms with Crippen molar-refractivity contribution in [3.8, 4) is 0 Å². The van der Waals surface area contributed by atoms with E-state index in [0.717, 1.165) is 0 Å². The highest BCUT2D eigenvalue weighted by molar-refractivity contribution is 5.87. The highest BCUT2D eigenvalue weighted by Gasteiger charge is 2.47. The quantitative estimate of drug-likeness (QED) is 0.709. The molecule has 142 valence electrons. The van der Waals surface area contributed by atoms with Crippen molar-refractivity contribution in [2.75, 3.05) is 26.7 Å². The molecule has 0 N–H and O–H groups in total. The molecule has 0 spiro atoms. The molecule has 7 nitrogen and oxygen atoms in total. The summed E-state index contributed by atoms with van der Waals surface area (Å²) >= 11 is 0. The Morgan fingerprint density at radius 3 is 2.40 bits per heavy atom. The summed E-state index contributed by atoms with van der Waals surface area (Å²) < 4.78 is 10.2. The topological polar surface area (TPSA) is 76.2 Å². The molecule has 2 aliphatic rings. The largest absolute Gasteiger partial charge is 0.469 e. The van der Waals surface area contributed by atoms with Gasteiger partial charge in [-0.25, -0.2) is 4.79 Å². The first kappa shape index (κ1) is 19.5. The van der Waals surface area contributed by atoms with Gasteiger partial charge < -0.3 is 19.3 Å². The molecule has 0 aromatic carbocycles. The number of likely N-dealkylation sites (tertiary alicyclic amines) is 2. The molecule has 0 bridgehead atoms. The summed E-state index contributed by atoms with van der Waals surface area (Å²) in [5.41, 5.74) is -0.813. The fraction of sp³-hybridized carbons (Fsp3) is 0.833. The number of methoxy groups -OCH3 is 1. The lowest BCUT2D eigenvalue weighted by Crippen LogP contribution is -2.57. The molecule has 2 unspecified atom stereocenters. The van der Waals surface area contributed by atoms with Crippen molar-refractivity contribution in [2.24, 2.45) is 11.3 Å². The van der Waals surface area contributed by atoms with Crippen LogP contribution in [0.4, 0.5) is 4.79 Å². The molecule has 25 heavy (non-hydrogen) atoms. The molecular weight excluding hydrogens is 324 g/mol. The maximum atomic E-state index is 12.4. The smallest absolute Gasteiger partial charge is 0.410 e. The van der Waals surface area contributed by atoms with Gasteiger partial charge in [0.05, 0.1) is 13.0 Å². The molecular formula is C18H30N2O5. The molecule has 0 aromatic rings. The second-order valence-electron chi connectivity index (χ2n) is 8.67. The molecule has 2 heterocycles. The number of hydrogen-bond donors (Lipinski definition) is 0. The van der Waals surface area contributed by atoms with Crippen molar-refractivity contribution < 1.29 is 23.9 Å². The molecule has 2 amide bonds. The number of nitrogens with zero attached hydrogens (tertiary/aromatic N) is 2. The zero-order valence-electron chi connectivity index (χ0n) is 16.1. The molecule has 2 atom stereocenters. The number of amides is 2. The molecule has 0 aliphatic carbocycles. The van der Waals surface area contributed by atoms with Crippen LogP contribution < -0.4 is 0 Å². The highest BCUT2D eigenvalue weighted by Crippen LogP contribution is 2.37. The Balaban J connectivity index is 2.05. The van der Waals surface area contributed by atoms with Crippen LogP contribution in [0.25, 0.3) is 0 Å². The molecule has 2 fully saturated rings. The third kappa shape index (κ3) is 4.44. The van der Waals surface area contributed by atoms with E-state index in [1.807, 2.05) is 34.6 Å². The van der Waals surface area contributed by atoms with Crippen LogP contribution in [0, 0.1) is 11.3 Å². The average Bonchev–Trinajstić information content (AvgIpc) is 2.85. The van der Waals surface area contributed by atoms with Crippen molar-refractivity contribution in [3.63, 3.8) is 0 Å². The Morgan fingerprint density at radius 1 is 1.24 bits per heavy atom. The summed E-state index contributed by atoms with van der Waals surface area (Å²) in [5.74, 6) is -0.740. The molecule has 7 heteroatoms. The summed E-state index contributed by atoms with van der Waals surface area (Å²) in [6.07, 6.45) is 0.556. The number of esters is 1. The number of piperidine rings is 1. The van der Waals surface area contributed by atoms with Crippen molar-refractivity contribution in [1.82, 2.24) is 9.80 Å². The predicted molar refractivity (Wildman–Crippen MR) is 91.8 cm³/mol. The van der Waals surface area contributed by atoms with Gasteiger partial charge in [0, 0.05) is 37.5 Å². The number of carbonyl (C=O) groups excluding carboxylic acids is 3. The van der Waals surface area contributed by atoms with Gasteiger partial charge in [0.2, 0.25) is 5.91 Å². The second-order valence-corrected chi connectivity index (χ2v) is 8.67. The van der Waals surface area contributed by atoms with Crippen molar-refractivity contribution >= 4 is 18.0 Å². The summed E-state index contributed by atoms with van der Waals surface area (Å²) in [6.45, 7) is 11.1. The van der Waals surface area contributed by atoms with Gasteiger partial charge in [-0.3, -0.25) is 9.59 Å². The average molecular weight is 354 g/mol. The van der Waals surface area contributed by atoms with Gasteiger partial charge >= 0.3 is 12.1 Å². The second kappa shape index (κ2) is 6.84. The van der Waals surface area contributed by atoms with Crippen LogP contribution >= 0.6 is 0 Å². The van der Waals surface area contributed by atoms with Gasteiger partial charge in [-0.2, -0.15) is 0 Å². The number of hydrogen-bond acceptors (Lipinski definition) is 5. The zero-order valence-corrected chi connectivity index (χ0v) is 16.1. The van der Waals surface area contributed by atoms with Crippen molar-refractivity contribution in [2.45, 2.75) is 59.1 Å². The highest BCUT2D eigenvalue weighted by atomic mass is 16.6. The minimum Gasteiger partial charge on any atom is -0.469 e. The van der Waals surface area contributed by atoms with Crippen LogP contribution in [0.15, 0.2) is 0 Å². The minimum atomic E-state index is -0.531. The van der Waals surface area contributed by atoms with Crippen molar-refractivity contribution in [3.05, 3.63) is 0 Å². The van der Waals surface area contributed by atoms with E-state index in [-0.39, 0.29) is 35.8 Å². The maximum absolute atomic E-state index is 12.4. The fourth-order valence-electron chi connectivity index (χ4n) is 3.76. The van der Waals surface area contributed by atoms with Gasteiger partial charge in [-0.1, -0.05) is 13.8 Å². The number of carbonyl (C=O) groups is 3. The predicted octanol–water partition coefficient (Wildman–Crippen LogP) is 2.04. The van der Waals surface area contributed by atoms with Crippen LogP contribution in [0.2, 0.25) is 0 Å². The third-order valence-electron chi connectivity index (χ3n) is 4.89. The van der Waals surface area contributed by atoms with Gasteiger partial charge in [-0.15, -0.1) is 0 Å². The summed E-state index contributed by atoms with van der Waals surface area (Å²) in [5, 5.41) is 0.